The van der Waals surface area contributed by atoms with Gasteiger partial charge in [-0.2, -0.15) is 0 Å². The number of carbonyl (C=O) groups excluding carboxylic acids is 1. The molecule has 0 amide bonds. The van der Waals surface area contributed by atoms with E-state index < -0.39 is 0 Å². The molecule has 1 unspecified atom stereocenters. The molecule has 100 valence electrons. The molecule has 0 saturated carbocycles. The minimum absolute atomic E-state index is 0.184. The van der Waals surface area contributed by atoms with Crippen molar-refractivity contribution in [3.05, 3.63) is 17.5 Å². The van der Waals surface area contributed by atoms with Crippen molar-refractivity contribution in [3.63, 3.8) is 0 Å². The Balaban J connectivity index is 1.90. The van der Waals surface area contributed by atoms with Crippen LogP contribution < -0.4 is 0 Å². The summed E-state index contributed by atoms with van der Waals surface area (Å²) < 4.78 is 10.1. The maximum atomic E-state index is 11.6. The molecular weight excluding hydrogens is 232 g/mol. The number of likely N-dealkylation sites (tertiary alicyclic amines) is 1. The van der Waals surface area contributed by atoms with Gasteiger partial charge in [0.2, 0.25) is 0 Å². The van der Waals surface area contributed by atoms with Crippen LogP contribution in [-0.4, -0.2) is 36.0 Å². The largest absolute Gasteiger partial charge is 0.377 e. The van der Waals surface area contributed by atoms with E-state index in [2.05, 4.69) is 17.0 Å². The fourth-order valence-corrected chi connectivity index (χ4v) is 2.35. The molecule has 2 rings (SSSR count). The van der Waals surface area contributed by atoms with Gasteiger partial charge < -0.3 is 9.26 Å². The zero-order valence-corrected chi connectivity index (χ0v) is 11.0. The molecule has 1 atom stereocenters. The maximum absolute atomic E-state index is 11.6. The van der Waals surface area contributed by atoms with Crippen molar-refractivity contribution < 1.29 is 14.1 Å². The second kappa shape index (κ2) is 6.11. The average molecular weight is 252 g/mol. The molecule has 0 spiro atoms. The number of rotatable bonds is 5. The number of carbonyl (C=O) groups is 1. The third-order valence-electron chi connectivity index (χ3n) is 3.38. The number of aromatic nitrogens is 1. The van der Waals surface area contributed by atoms with Crippen LogP contribution in [0.15, 0.2) is 10.6 Å². The van der Waals surface area contributed by atoms with Gasteiger partial charge in [-0.05, 0) is 6.42 Å². The van der Waals surface area contributed by atoms with E-state index >= 15 is 0 Å². The first-order valence-corrected chi connectivity index (χ1v) is 6.41. The summed E-state index contributed by atoms with van der Waals surface area (Å²) in [6.07, 6.45) is 1.57. The number of Topliss-reactive ketones (excluding diaryl/α,β-unsaturated/α-hetero) is 1. The summed E-state index contributed by atoms with van der Waals surface area (Å²) in [6, 6.07) is 1.92. The van der Waals surface area contributed by atoms with Gasteiger partial charge in [0, 0.05) is 45.1 Å². The predicted octanol–water partition coefficient (Wildman–Crippen LogP) is 1.62. The number of hydrogen-bond acceptors (Lipinski definition) is 5. The Kier molecular flexibility index (Phi) is 4.49. The molecule has 5 heteroatoms. The van der Waals surface area contributed by atoms with Crippen LogP contribution in [0.3, 0.4) is 0 Å². The quantitative estimate of drug-likeness (QED) is 0.797. The van der Waals surface area contributed by atoms with Gasteiger partial charge in [0.25, 0.3) is 0 Å². The number of hydrogen-bond donors (Lipinski definition) is 0. The molecule has 18 heavy (non-hydrogen) atoms. The minimum Gasteiger partial charge on any atom is -0.377 e. The Morgan fingerprint density at radius 1 is 1.61 bits per heavy atom. The Morgan fingerprint density at radius 2 is 2.44 bits per heavy atom. The molecule has 0 radical (unpaired) electrons. The molecule has 1 aliphatic rings. The van der Waals surface area contributed by atoms with Gasteiger partial charge in [-0.15, -0.1) is 0 Å². The van der Waals surface area contributed by atoms with Crippen molar-refractivity contribution in [2.75, 3.05) is 20.2 Å². The molecule has 0 aromatic carbocycles. The number of methoxy groups -OCH3 is 1. The standard InChI is InChI=1S/C13H20N2O3/c1-3-10-7-15(5-4-13(10)16)8-11-6-12(9-17-2)18-14-11/h6,10H,3-5,7-9H2,1-2H3. The number of nitrogens with zero attached hydrogens (tertiary/aromatic N) is 2. The Labute approximate surface area is 107 Å². The molecule has 1 aromatic rings. The summed E-state index contributed by atoms with van der Waals surface area (Å²) in [5, 5.41) is 4.02. The first-order valence-electron chi connectivity index (χ1n) is 6.41. The zero-order valence-electron chi connectivity index (χ0n) is 11.0. The van der Waals surface area contributed by atoms with E-state index in [-0.39, 0.29) is 5.92 Å². The number of piperidine rings is 1. The summed E-state index contributed by atoms with van der Waals surface area (Å²) in [4.78, 5) is 13.9. The predicted molar refractivity (Wildman–Crippen MR) is 65.9 cm³/mol. The molecule has 0 bridgehead atoms. The lowest BCUT2D eigenvalue weighted by Crippen LogP contribution is -2.40. The van der Waals surface area contributed by atoms with Crippen LogP contribution in [0.5, 0.6) is 0 Å². The van der Waals surface area contributed by atoms with Crippen LogP contribution in [0.25, 0.3) is 0 Å². The first kappa shape index (κ1) is 13.2. The lowest BCUT2D eigenvalue weighted by molar-refractivity contribution is -0.126. The molecule has 1 aliphatic heterocycles. The summed E-state index contributed by atoms with van der Waals surface area (Å²) in [5.41, 5.74) is 0.909. The van der Waals surface area contributed by atoms with Crippen molar-refractivity contribution in [2.24, 2.45) is 5.92 Å². The number of ketones is 1. The van der Waals surface area contributed by atoms with E-state index in [0.29, 0.717) is 18.8 Å². The highest BCUT2D eigenvalue weighted by molar-refractivity contribution is 5.82. The van der Waals surface area contributed by atoms with Gasteiger partial charge in [0.05, 0.1) is 5.69 Å². The average Bonchev–Trinajstić information content (AvgIpc) is 2.80. The molecule has 1 aromatic heterocycles. The van der Waals surface area contributed by atoms with Gasteiger partial charge >= 0.3 is 0 Å². The fraction of sp³-hybridized carbons (Fsp3) is 0.692. The summed E-state index contributed by atoms with van der Waals surface area (Å²) in [5.74, 6) is 1.32. The van der Waals surface area contributed by atoms with Crippen molar-refractivity contribution >= 4 is 5.78 Å². The minimum atomic E-state index is 0.184. The number of ether oxygens (including phenoxy) is 1. The summed E-state index contributed by atoms with van der Waals surface area (Å²) in [6.45, 7) is 4.92. The van der Waals surface area contributed by atoms with Gasteiger partial charge in [-0.3, -0.25) is 9.69 Å². The van der Waals surface area contributed by atoms with Crippen LogP contribution in [0, 0.1) is 5.92 Å². The van der Waals surface area contributed by atoms with Crippen molar-refractivity contribution in [1.82, 2.24) is 10.1 Å². The summed E-state index contributed by atoms with van der Waals surface area (Å²) >= 11 is 0. The Bertz CT molecular complexity index is 403. The first-order chi connectivity index (χ1) is 8.72. The van der Waals surface area contributed by atoms with E-state index in [0.717, 1.165) is 37.5 Å². The molecule has 0 aliphatic carbocycles. The monoisotopic (exact) mass is 252 g/mol. The maximum Gasteiger partial charge on any atom is 0.162 e. The van der Waals surface area contributed by atoms with Crippen LogP contribution in [0.4, 0.5) is 0 Å². The fourth-order valence-electron chi connectivity index (χ4n) is 2.35. The smallest absolute Gasteiger partial charge is 0.162 e. The van der Waals surface area contributed by atoms with Gasteiger partial charge in [-0.25, -0.2) is 0 Å². The molecule has 1 saturated heterocycles. The second-order valence-electron chi connectivity index (χ2n) is 4.77. The molecular formula is C13H20N2O3. The molecule has 5 nitrogen and oxygen atoms in total. The van der Waals surface area contributed by atoms with Gasteiger partial charge in [-0.1, -0.05) is 12.1 Å². The SMILES string of the molecule is CCC1CN(Cc2cc(COC)on2)CCC1=O. The Morgan fingerprint density at radius 3 is 3.17 bits per heavy atom. The normalized spacial score (nSPS) is 21.4. The van der Waals surface area contributed by atoms with Gasteiger partial charge in [0.1, 0.15) is 12.4 Å². The third kappa shape index (κ3) is 3.17. The lowest BCUT2D eigenvalue weighted by atomic mass is 9.94. The van der Waals surface area contributed by atoms with Crippen LogP contribution in [-0.2, 0) is 22.7 Å². The molecule has 2 heterocycles. The second-order valence-corrected chi connectivity index (χ2v) is 4.77. The third-order valence-corrected chi connectivity index (χ3v) is 3.38. The van der Waals surface area contributed by atoms with E-state index in [9.17, 15) is 4.79 Å². The van der Waals surface area contributed by atoms with E-state index in [4.69, 9.17) is 9.26 Å². The summed E-state index contributed by atoms with van der Waals surface area (Å²) in [7, 11) is 1.63. The van der Waals surface area contributed by atoms with Crippen molar-refractivity contribution in [1.29, 1.82) is 0 Å². The van der Waals surface area contributed by atoms with Crippen LogP contribution in [0.2, 0.25) is 0 Å². The van der Waals surface area contributed by atoms with Crippen molar-refractivity contribution in [2.45, 2.75) is 32.9 Å². The zero-order chi connectivity index (χ0) is 13.0. The molecule has 0 N–H and O–H groups in total. The van der Waals surface area contributed by atoms with E-state index in [1.807, 2.05) is 6.07 Å². The van der Waals surface area contributed by atoms with E-state index in [1.165, 1.54) is 0 Å². The van der Waals surface area contributed by atoms with Crippen LogP contribution in [0.1, 0.15) is 31.2 Å². The highest BCUT2D eigenvalue weighted by Gasteiger charge is 2.26. The highest BCUT2D eigenvalue weighted by atomic mass is 16.5. The molecule has 1 fully saturated rings. The Hall–Kier alpha value is -1.20. The lowest BCUT2D eigenvalue weighted by Gasteiger charge is -2.30. The van der Waals surface area contributed by atoms with E-state index in [1.54, 1.807) is 7.11 Å². The van der Waals surface area contributed by atoms with Gasteiger partial charge in [0.15, 0.2) is 5.76 Å². The van der Waals surface area contributed by atoms with Crippen LogP contribution >= 0.6 is 0 Å². The topological polar surface area (TPSA) is 55.6 Å². The highest BCUT2D eigenvalue weighted by Crippen LogP contribution is 2.18. The van der Waals surface area contributed by atoms with Crippen molar-refractivity contribution in [3.8, 4) is 0 Å².